The van der Waals surface area contributed by atoms with Crippen molar-refractivity contribution in [1.29, 1.82) is 0 Å². The van der Waals surface area contributed by atoms with Crippen molar-refractivity contribution in [2.75, 3.05) is 0 Å². The molecule has 0 radical (unpaired) electrons. The molecule has 0 fully saturated rings. The van der Waals surface area contributed by atoms with Crippen molar-refractivity contribution in [3.8, 4) is 0 Å². The van der Waals surface area contributed by atoms with Gasteiger partial charge in [-0.15, -0.1) is 0 Å². The van der Waals surface area contributed by atoms with Gasteiger partial charge in [-0.3, -0.25) is 14.4 Å². The van der Waals surface area contributed by atoms with Crippen molar-refractivity contribution >= 4 is 23.7 Å². The van der Waals surface area contributed by atoms with Crippen LogP contribution in [0.4, 0.5) is 0 Å². The number of carbonyl (C=O) groups is 4. The van der Waals surface area contributed by atoms with Gasteiger partial charge in [-0.2, -0.15) is 0 Å². The second-order valence-electron chi connectivity index (χ2n) is 7.54. The lowest BCUT2D eigenvalue weighted by Crippen LogP contribution is -2.60. The van der Waals surface area contributed by atoms with Gasteiger partial charge >= 0.3 is 5.97 Å². The van der Waals surface area contributed by atoms with E-state index in [4.69, 9.17) is 5.73 Å². The molecule has 0 bridgehead atoms. The van der Waals surface area contributed by atoms with E-state index in [0.717, 1.165) is 0 Å². The molecule has 2 rings (SSSR count). The summed E-state index contributed by atoms with van der Waals surface area (Å²) in [5, 5.41) is 26.6. The third kappa shape index (κ3) is 7.69. The highest BCUT2D eigenvalue weighted by Crippen LogP contribution is 2.05. The number of carbonyl (C=O) groups excluding carboxylic acids is 3. The molecule has 5 atom stereocenters. The van der Waals surface area contributed by atoms with Gasteiger partial charge in [0.05, 0.1) is 24.8 Å². The first-order valence-electron chi connectivity index (χ1n) is 10.1. The van der Waals surface area contributed by atoms with Gasteiger partial charge in [0.1, 0.15) is 18.1 Å². The SMILES string of the molecule is CC(N)C(=O)NC(C(=O)NC(Cc1cnc[nH]1)C(=O)NC(Cc1cnc[nH]1)C(=O)O)C(C)O. The lowest BCUT2D eigenvalue weighted by atomic mass is 10.1. The number of nitrogens with two attached hydrogens (primary N) is 1. The number of aromatic amines is 2. The molecule has 9 N–H and O–H groups in total. The van der Waals surface area contributed by atoms with Crippen LogP contribution in [-0.4, -0.2) is 84.1 Å². The molecule has 14 nitrogen and oxygen atoms in total. The Morgan fingerprint density at radius 2 is 1.42 bits per heavy atom. The zero-order valence-electron chi connectivity index (χ0n) is 18.1. The molecule has 0 spiro atoms. The summed E-state index contributed by atoms with van der Waals surface area (Å²) in [6, 6.07) is -4.86. The number of nitrogens with one attached hydrogen (secondary N) is 5. The van der Waals surface area contributed by atoms with Crippen molar-refractivity contribution in [1.82, 2.24) is 35.9 Å². The maximum absolute atomic E-state index is 13.0. The van der Waals surface area contributed by atoms with Crippen LogP contribution in [0.5, 0.6) is 0 Å². The van der Waals surface area contributed by atoms with Crippen molar-refractivity contribution in [3.05, 3.63) is 36.4 Å². The molecule has 0 aliphatic heterocycles. The third-order valence-electron chi connectivity index (χ3n) is 4.68. The summed E-state index contributed by atoms with van der Waals surface area (Å²) in [5.41, 5.74) is 6.48. The molecule has 0 saturated carbocycles. The Morgan fingerprint density at radius 3 is 1.85 bits per heavy atom. The Bertz CT molecular complexity index is 928. The van der Waals surface area contributed by atoms with Crippen LogP contribution in [0.3, 0.4) is 0 Å². The lowest BCUT2D eigenvalue weighted by Gasteiger charge is -2.26. The molecule has 2 heterocycles. The maximum Gasteiger partial charge on any atom is 0.326 e. The molecule has 2 aromatic rings. The fraction of sp³-hybridized carbons (Fsp3) is 0.474. The zero-order valence-corrected chi connectivity index (χ0v) is 18.1. The Labute approximate surface area is 188 Å². The van der Waals surface area contributed by atoms with Gasteiger partial charge in [0.15, 0.2) is 0 Å². The topological polar surface area (TPSA) is 228 Å². The second kappa shape index (κ2) is 11.7. The largest absolute Gasteiger partial charge is 0.480 e. The number of imidazole rings is 2. The van der Waals surface area contributed by atoms with Crippen molar-refractivity contribution in [3.63, 3.8) is 0 Å². The molecule has 0 aliphatic rings. The molecular formula is C19H28N8O6. The van der Waals surface area contributed by atoms with Gasteiger partial charge in [-0.05, 0) is 13.8 Å². The van der Waals surface area contributed by atoms with Crippen LogP contribution in [0.15, 0.2) is 25.0 Å². The smallest absolute Gasteiger partial charge is 0.326 e. The van der Waals surface area contributed by atoms with E-state index >= 15 is 0 Å². The summed E-state index contributed by atoms with van der Waals surface area (Å²) in [6.45, 7) is 2.70. The quantitative estimate of drug-likeness (QED) is 0.162. The highest BCUT2D eigenvalue weighted by Gasteiger charge is 2.32. The average molecular weight is 464 g/mol. The van der Waals surface area contributed by atoms with Gasteiger partial charge in [-0.25, -0.2) is 14.8 Å². The summed E-state index contributed by atoms with van der Waals surface area (Å²) in [5.74, 6) is -3.58. The van der Waals surface area contributed by atoms with Crippen LogP contribution in [0.25, 0.3) is 0 Å². The van der Waals surface area contributed by atoms with Crippen LogP contribution >= 0.6 is 0 Å². The number of hydrogen-bond acceptors (Lipinski definition) is 8. The summed E-state index contributed by atoms with van der Waals surface area (Å²) in [4.78, 5) is 62.6. The number of H-pyrrole nitrogens is 2. The first kappa shape index (κ1) is 25.5. The van der Waals surface area contributed by atoms with Crippen molar-refractivity contribution in [2.24, 2.45) is 5.73 Å². The van der Waals surface area contributed by atoms with E-state index in [1.807, 2.05) is 0 Å². The van der Waals surface area contributed by atoms with Gasteiger partial charge in [0.25, 0.3) is 0 Å². The highest BCUT2D eigenvalue weighted by molar-refractivity contribution is 5.94. The second-order valence-corrected chi connectivity index (χ2v) is 7.54. The molecule has 0 saturated heterocycles. The molecule has 0 aliphatic carbocycles. The highest BCUT2D eigenvalue weighted by atomic mass is 16.4. The monoisotopic (exact) mass is 464 g/mol. The Morgan fingerprint density at radius 1 is 0.909 bits per heavy atom. The minimum absolute atomic E-state index is 0.0538. The summed E-state index contributed by atoms with van der Waals surface area (Å²) < 4.78 is 0. The average Bonchev–Trinajstić information content (AvgIpc) is 3.44. The fourth-order valence-electron chi connectivity index (χ4n) is 2.87. The zero-order chi connectivity index (χ0) is 24.5. The van der Waals surface area contributed by atoms with E-state index in [0.29, 0.717) is 11.4 Å². The molecule has 0 aromatic carbocycles. The van der Waals surface area contributed by atoms with Crippen molar-refractivity contribution in [2.45, 2.75) is 57.0 Å². The van der Waals surface area contributed by atoms with Gasteiger partial charge in [0, 0.05) is 36.6 Å². The predicted molar refractivity (Wildman–Crippen MR) is 113 cm³/mol. The Kier molecular flexibility index (Phi) is 9.06. The van der Waals surface area contributed by atoms with Crippen LogP contribution in [0, 0.1) is 0 Å². The summed E-state index contributed by atoms with van der Waals surface area (Å²) in [6.07, 6.45) is 4.22. The van der Waals surface area contributed by atoms with E-state index in [-0.39, 0.29) is 12.8 Å². The van der Waals surface area contributed by atoms with E-state index in [1.165, 1.54) is 38.9 Å². The number of rotatable bonds is 12. The number of carboxylic acids is 1. The maximum atomic E-state index is 13.0. The molecule has 3 amide bonds. The normalized spacial score (nSPS) is 15.5. The third-order valence-corrected chi connectivity index (χ3v) is 4.68. The number of amides is 3. The van der Waals surface area contributed by atoms with Crippen LogP contribution < -0.4 is 21.7 Å². The molecular weight excluding hydrogens is 436 g/mol. The fourth-order valence-corrected chi connectivity index (χ4v) is 2.87. The number of hydrogen-bond donors (Lipinski definition) is 8. The number of aliphatic carboxylic acids is 1. The summed E-state index contributed by atoms with van der Waals surface area (Å²) in [7, 11) is 0. The molecule has 180 valence electrons. The molecule has 2 aromatic heterocycles. The molecule has 5 unspecified atom stereocenters. The number of aliphatic hydroxyl groups is 1. The minimum atomic E-state index is -1.39. The van der Waals surface area contributed by atoms with Crippen LogP contribution in [-0.2, 0) is 32.0 Å². The van der Waals surface area contributed by atoms with E-state index in [9.17, 15) is 29.4 Å². The van der Waals surface area contributed by atoms with E-state index < -0.39 is 54.0 Å². The first-order chi connectivity index (χ1) is 15.6. The summed E-state index contributed by atoms with van der Waals surface area (Å²) >= 11 is 0. The number of nitrogens with zero attached hydrogens (tertiary/aromatic N) is 2. The predicted octanol–water partition coefficient (Wildman–Crippen LogP) is -2.81. The number of carboxylic acid groups (broad SMARTS) is 1. The van der Waals surface area contributed by atoms with Crippen LogP contribution in [0.2, 0.25) is 0 Å². The van der Waals surface area contributed by atoms with Gasteiger partial charge in [-0.1, -0.05) is 0 Å². The number of aromatic nitrogens is 4. The Hall–Kier alpha value is -3.78. The van der Waals surface area contributed by atoms with Crippen LogP contribution in [0.1, 0.15) is 25.2 Å². The number of aliphatic hydroxyl groups excluding tert-OH is 1. The lowest BCUT2D eigenvalue weighted by molar-refractivity contribution is -0.142. The first-order valence-corrected chi connectivity index (χ1v) is 10.1. The van der Waals surface area contributed by atoms with Gasteiger partial charge in [0.2, 0.25) is 17.7 Å². The standard InChI is InChI=1S/C19H28N8O6/c1-9(20)16(29)27-15(10(2)28)18(31)25-13(3-11-5-21-7-23-11)17(30)26-14(19(32)33)4-12-6-22-8-24-12/h5-10,13-15,28H,3-4,20H2,1-2H3,(H,21,23)(H,22,24)(H,25,31)(H,26,30)(H,27,29)(H,32,33). The van der Waals surface area contributed by atoms with Crippen molar-refractivity contribution < 1.29 is 29.4 Å². The molecule has 14 heteroatoms. The van der Waals surface area contributed by atoms with Gasteiger partial charge < -0.3 is 41.9 Å². The Balaban J connectivity index is 2.18. The van der Waals surface area contributed by atoms with E-state index in [2.05, 4.69) is 35.9 Å². The van der Waals surface area contributed by atoms with E-state index in [1.54, 1.807) is 0 Å². The minimum Gasteiger partial charge on any atom is -0.480 e. The molecule has 33 heavy (non-hydrogen) atoms.